The van der Waals surface area contributed by atoms with Crippen LogP contribution in [0.2, 0.25) is 0 Å². The van der Waals surface area contributed by atoms with Crippen LogP contribution in [-0.2, 0) is 4.57 Å². The van der Waals surface area contributed by atoms with Crippen molar-refractivity contribution in [3.8, 4) is 0 Å². The van der Waals surface area contributed by atoms with Crippen LogP contribution >= 0.6 is 7.60 Å². The van der Waals surface area contributed by atoms with Crippen LogP contribution in [0.3, 0.4) is 0 Å². The highest BCUT2D eigenvalue weighted by Crippen LogP contribution is 2.40. The predicted molar refractivity (Wildman–Crippen MR) is 55.0 cm³/mol. The third-order valence-corrected chi connectivity index (χ3v) is 4.30. The molecule has 1 fully saturated rings. The van der Waals surface area contributed by atoms with E-state index in [1.165, 1.54) is 0 Å². The molecule has 0 spiro atoms. The molecule has 0 amide bonds. The van der Waals surface area contributed by atoms with Gasteiger partial charge in [0, 0.05) is 6.16 Å². The predicted octanol–water partition coefficient (Wildman–Crippen LogP) is 1.99. The minimum Gasteiger partial charge on any atom is -0.779 e. The molecule has 14 heavy (non-hydrogen) atoms. The summed E-state index contributed by atoms with van der Waals surface area (Å²) in [6.07, 6.45) is 4.12. The van der Waals surface area contributed by atoms with E-state index in [0.717, 1.165) is 31.6 Å². The standard InChI is InChI=1S/C10H21O3P/c1-8(2)10-5-3-9(4-6-10)7-14(11,12)13/h8-10H,3-7H2,1-2H3,(H2,11,12,13)/p-1. The van der Waals surface area contributed by atoms with Gasteiger partial charge in [-0.15, -0.1) is 0 Å². The fourth-order valence-corrected chi connectivity index (χ4v) is 3.38. The summed E-state index contributed by atoms with van der Waals surface area (Å²) in [4.78, 5) is 19.4. The smallest absolute Gasteiger partial charge is 0.132 e. The lowest BCUT2D eigenvalue weighted by molar-refractivity contribution is -0.194. The molecule has 1 rings (SSSR count). The normalized spacial score (nSPS) is 32.9. The van der Waals surface area contributed by atoms with Gasteiger partial charge in [0.2, 0.25) is 0 Å². The lowest BCUT2D eigenvalue weighted by Gasteiger charge is -2.32. The van der Waals surface area contributed by atoms with Crippen LogP contribution in [0.5, 0.6) is 0 Å². The summed E-state index contributed by atoms with van der Waals surface area (Å²) in [5.41, 5.74) is 0. The Morgan fingerprint density at radius 1 is 1.36 bits per heavy atom. The Labute approximate surface area is 86.1 Å². The summed E-state index contributed by atoms with van der Waals surface area (Å²) in [5, 5.41) is 0. The maximum Gasteiger partial charge on any atom is 0.132 e. The van der Waals surface area contributed by atoms with E-state index in [2.05, 4.69) is 13.8 Å². The van der Waals surface area contributed by atoms with E-state index in [9.17, 15) is 9.46 Å². The third-order valence-electron chi connectivity index (χ3n) is 3.32. The zero-order valence-electron chi connectivity index (χ0n) is 8.98. The van der Waals surface area contributed by atoms with Crippen molar-refractivity contribution in [2.24, 2.45) is 17.8 Å². The molecule has 1 N–H and O–H groups in total. The van der Waals surface area contributed by atoms with Crippen molar-refractivity contribution in [3.63, 3.8) is 0 Å². The van der Waals surface area contributed by atoms with E-state index in [1.807, 2.05) is 0 Å². The second kappa shape index (κ2) is 4.78. The Kier molecular flexibility index (Phi) is 4.17. The largest absolute Gasteiger partial charge is 0.779 e. The molecule has 0 bridgehead atoms. The summed E-state index contributed by atoms with van der Waals surface area (Å²) in [6.45, 7) is 4.44. The lowest BCUT2D eigenvalue weighted by Crippen LogP contribution is -2.22. The van der Waals surface area contributed by atoms with Crippen LogP contribution in [0.15, 0.2) is 0 Å². The fourth-order valence-electron chi connectivity index (χ4n) is 2.36. The first-order valence-electron chi connectivity index (χ1n) is 5.41. The molecule has 1 unspecified atom stereocenters. The van der Waals surface area contributed by atoms with E-state index >= 15 is 0 Å². The highest BCUT2D eigenvalue weighted by atomic mass is 31.2. The Morgan fingerprint density at radius 3 is 2.21 bits per heavy atom. The van der Waals surface area contributed by atoms with Gasteiger partial charge in [0.25, 0.3) is 0 Å². The van der Waals surface area contributed by atoms with E-state index in [-0.39, 0.29) is 12.1 Å². The molecule has 1 saturated carbocycles. The molecule has 0 saturated heterocycles. The highest BCUT2D eigenvalue weighted by molar-refractivity contribution is 7.50. The van der Waals surface area contributed by atoms with Gasteiger partial charge in [-0.05, 0) is 43.4 Å². The summed E-state index contributed by atoms with van der Waals surface area (Å²) >= 11 is 0. The van der Waals surface area contributed by atoms with Gasteiger partial charge in [0.15, 0.2) is 0 Å². The van der Waals surface area contributed by atoms with Crippen molar-refractivity contribution in [2.75, 3.05) is 6.16 Å². The quantitative estimate of drug-likeness (QED) is 0.738. The molecule has 84 valence electrons. The summed E-state index contributed by atoms with van der Waals surface area (Å²) in [6, 6.07) is 0. The molecule has 0 aromatic carbocycles. The van der Waals surface area contributed by atoms with Gasteiger partial charge >= 0.3 is 0 Å². The van der Waals surface area contributed by atoms with Gasteiger partial charge in [-0.25, -0.2) is 0 Å². The van der Waals surface area contributed by atoms with Crippen molar-refractivity contribution in [1.82, 2.24) is 0 Å². The molecule has 0 heterocycles. The number of hydrogen-bond donors (Lipinski definition) is 1. The highest BCUT2D eigenvalue weighted by Gasteiger charge is 2.24. The molecular weight excluding hydrogens is 199 g/mol. The zero-order valence-corrected chi connectivity index (χ0v) is 9.87. The third kappa shape index (κ3) is 4.12. The molecular formula is C10H20O3P-. The van der Waals surface area contributed by atoms with Crippen molar-refractivity contribution >= 4 is 7.60 Å². The van der Waals surface area contributed by atoms with Crippen molar-refractivity contribution < 1.29 is 14.4 Å². The van der Waals surface area contributed by atoms with Gasteiger partial charge in [-0.3, -0.25) is 0 Å². The first-order chi connectivity index (χ1) is 6.38. The Morgan fingerprint density at radius 2 is 1.86 bits per heavy atom. The van der Waals surface area contributed by atoms with Crippen LogP contribution in [0.25, 0.3) is 0 Å². The van der Waals surface area contributed by atoms with Gasteiger partial charge in [0.05, 0.1) is 0 Å². The Balaban J connectivity index is 2.33. The molecule has 1 atom stereocenters. The van der Waals surface area contributed by atoms with E-state index in [1.54, 1.807) is 0 Å². The summed E-state index contributed by atoms with van der Waals surface area (Å²) in [5.74, 6) is 1.64. The zero-order chi connectivity index (χ0) is 10.8. The maximum absolute atomic E-state index is 10.7. The topological polar surface area (TPSA) is 60.4 Å². The maximum atomic E-state index is 10.7. The first kappa shape index (κ1) is 12.2. The molecule has 0 aromatic rings. The number of hydrogen-bond acceptors (Lipinski definition) is 2. The van der Waals surface area contributed by atoms with Gasteiger partial charge in [-0.2, -0.15) is 0 Å². The van der Waals surface area contributed by atoms with Crippen LogP contribution < -0.4 is 4.89 Å². The molecule has 1 aliphatic rings. The van der Waals surface area contributed by atoms with Gasteiger partial charge < -0.3 is 14.4 Å². The number of rotatable bonds is 3. The van der Waals surface area contributed by atoms with Crippen molar-refractivity contribution in [2.45, 2.75) is 39.5 Å². The Bertz CT molecular complexity index is 213. The van der Waals surface area contributed by atoms with E-state index < -0.39 is 7.60 Å². The monoisotopic (exact) mass is 219 g/mol. The average molecular weight is 219 g/mol. The lowest BCUT2D eigenvalue weighted by atomic mass is 9.77. The molecule has 1 aliphatic carbocycles. The van der Waals surface area contributed by atoms with Crippen LogP contribution in [0.1, 0.15) is 39.5 Å². The second-order valence-corrected chi connectivity index (χ2v) is 6.48. The van der Waals surface area contributed by atoms with Gasteiger partial charge in [0.1, 0.15) is 7.60 Å². The minimum absolute atomic E-state index is 0.0161. The molecule has 3 nitrogen and oxygen atoms in total. The first-order valence-corrected chi connectivity index (χ1v) is 7.17. The van der Waals surface area contributed by atoms with Gasteiger partial charge in [-0.1, -0.05) is 13.8 Å². The summed E-state index contributed by atoms with van der Waals surface area (Å²) in [7, 11) is -4.03. The SMILES string of the molecule is CC(C)C1CCC(CP(=O)([O-])O)CC1. The van der Waals surface area contributed by atoms with E-state index in [4.69, 9.17) is 4.89 Å². The van der Waals surface area contributed by atoms with Crippen molar-refractivity contribution in [1.29, 1.82) is 0 Å². The van der Waals surface area contributed by atoms with Crippen molar-refractivity contribution in [3.05, 3.63) is 0 Å². The molecule has 0 radical (unpaired) electrons. The summed E-state index contributed by atoms with van der Waals surface area (Å²) < 4.78 is 10.7. The average Bonchev–Trinajstić information content (AvgIpc) is 2.02. The van der Waals surface area contributed by atoms with E-state index in [0.29, 0.717) is 5.92 Å². The second-order valence-electron chi connectivity index (χ2n) is 4.84. The van der Waals surface area contributed by atoms with Crippen LogP contribution in [0, 0.1) is 17.8 Å². The van der Waals surface area contributed by atoms with Crippen LogP contribution in [0.4, 0.5) is 0 Å². The molecule has 0 aromatic heterocycles. The minimum atomic E-state index is -4.03. The van der Waals surface area contributed by atoms with Crippen LogP contribution in [-0.4, -0.2) is 11.1 Å². The molecule has 0 aliphatic heterocycles. The fraction of sp³-hybridized carbons (Fsp3) is 1.00. The molecule has 4 heteroatoms. The Hall–Kier alpha value is 0.150.